The quantitative estimate of drug-likeness (QED) is 0.887. The number of rotatable bonds is 3. The minimum absolute atomic E-state index is 0.174. The predicted molar refractivity (Wildman–Crippen MR) is 79.5 cm³/mol. The Hall–Kier alpha value is -2.48. The second-order valence-electron chi connectivity index (χ2n) is 5.22. The van der Waals surface area contributed by atoms with Crippen LogP contribution >= 0.6 is 0 Å². The Bertz CT molecular complexity index is 665. The molecule has 1 amide bonds. The Balaban J connectivity index is 1.77. The number of hydrogen-bond donors (Lipinski definition) is 2. The van der Waals surface area contributed by atoms with Crippen molar-refractivity contribution in [2.45, 2.75) is 0 Å². The highest BCUT2D eigenvalue weighted by atomic mass is 19.1. The molecular weight excluding hydrogens is 287 g/mol. The highest BCUT2D eigenvalue weighted by Crippen LogP contribution is 2.20. The molecule has 1 aliphatic rings. The Labute approximate surface area is 127 Å². The molecule has 1 aromatic heterocycles. The van der Waals surface area contributed by atoms with Crippen molar-refractivity contribution in [2.24, 2.45) is 0 Å². The molecule has 0 atom stereocenters. The molecule has 1 saturated heterocycles. The summed E-state index contributed by atoms with van der Waals surface area (Å²) in [6.07, 6.45) is 0. The van der Waals surface area contributed by atoms with Crippen molar-refractivity contribution in [1.29, 1.82) is 0 Å². The zero-order valence-corrected chi connectivity index (χ0v) is 12.2. The molecule has 8 heteroatoms. The maximum atomic E-state index is 13.7. The van der Waals surface area contributed by atoms with Gasteiger partial charge >= 0.3 is 0 Å². The van der Waals surface area contributed by atoms with E-state index in [0.717, 1.165) is 13.1 Å². The number of nitrogens with zero attached hydrogens (tertiary/aromatic N) is 4. The van der Waals surface area contributed by atoms with Gasteiger partial charge in [-0.05, 0) is 19.2 Å². The van der Waals surface area contributed by atoms with Crippen molar-refractivity contribution in [3.05, 3.63) is 35.8 Å². The molecule has 2 aromatic rings. The lowest BCUT2D eigenvalue weighted by Crippen LogP contribution is -2.47. The van der Waals surface area contributed by atoms with Gasteiger partial charge in [-0.25, -0.2) is 4.39 Å². The minimum Gasteiger partial charge on any atom is -0.335 e. The number of halogens is 1. The Morgan fingerprint density at radius 3 is 2.68 bits per heavy atom. The number of hydrogen-bond acceptors (Lipinski definition) is 5. The number of aromatic nitrogens is 3. The van der Waals surface area contributed by atoms with E-state index in [4.69, 9.17) is 0 Å². The van der Waals surface area contributed by atoms with Crippen LogP contribution in [0.1, 0.15) is 10.5 Å². The molecular formula is C14H17FN6O. The fourth-order valence-corrected chi connectivity index (χ4v) is 2.32. The van der Waals surface area contributed by atoms with Gasteiger partial charge in [-0.2, -0.15) is 5.21 Å². The molecule has 22 heavy (non-hydrogen) atoms. The fourth-order valence-electron chi connectivity index (χ4n) is 2.32. The third-order valence-corrected chi connectivity index (χ3v) is 3.67. The van der Waals surface area contributed by atoms with Gasteiger partial charge in [0, 0.05) is 26.2 Å². The third kappa shape index (κ3) is 2.91. The van der Waals surface area contributed by atoms with Gasteiger partial charge in [-0.15, -0.1) is 10.2 Å². The van der Waals surface area contributed by atoms with Crippen LogP contribution in [-0.2, 0) is 0 Å². The van der Waals surface area contributed by atoms with Crippen LogP contribution in [0.5, 0.6) is 0 Å². The first-order valence-corrected chi connectivity index (χ1v) is 7.05. The lowest BCUT2D eigenvalue weighted by molar-refractivity contribution is 0.0659. The molecule has 1 fully saturated rings. The summed E-state index contributed by atoms with van der Waals surface area (Å²) in [7, 11) is 2.02. The first-order chi connectivity index (χ1) is 10.6. The summed E-state index contributed by atoms with van der Waals surface area (Å²) in [6, 6.07) is 6.21. The summed E-state index contributed by atoms with van der Waals surface area (Å²) in [4.78, 5) is 16.4. The summed E-state index contributed by atoms with van der Waals surface area (Å²) < 4.78 is 13.7. The number of H-pyrrole nitrogens is 1. The average Bonchev–Trinajstić information content (AvgIpc) is 2.98. The molecule has 0 bridgehead atoms. The van der Waals surface area contributed by atoms with E-state index in [2.05, 4.69) is 25.6 Å². The number of piperazine rings is 1. The molecule has 0 unspecified atom stereocenters. The first kappa shape index (κ1) is 14.5. The zero-order valence-electron chi connectivity index (χ0n) is 12.2. The normalized spacial score (nSPS) is 15.8. The van der Waals surface area contributed by atoms with Gasteiger partial charge in [-0.1, -0.05) is 12.1 Å². The largest absolute Gasteiger partial charge is 0.335 e. The topological polar surface area (TPSA) is 77.2 Å². The Kier molecular flexibility index (Phi) is 4.01. The maximum absolute atomic E-state index is 13.7. The number of aromatic amines is 1. The molecule has 116 valence electrons. The van der Waals surface area contributed by atoms with E-state index in [1.165, 1.54) is 6.07 Å². The van der Waals surface area contributed by atoms with Crippen LogP contribution in [0.25, 0.3) is 0 Å². The SMILES string of the molecule is CN1CCN(C(=O)c2n[nH]nc2Nc2ccccc2F)CC1. The number of carbonyl (C=O) groups excluding carboxylic acids is 1. The van der Waals surface area contributed by atoms with E-state index in [0.29, 0.717) is 13.1 Å². The summed E-state index contributed by atoms with van der Waals surface area (Å²) >= 11 is 0. The lowest BCUT2D eigenvalue weighted by Gasteiger charge is -2.31. The number of carbonyl (C=O) groups is 1. The van der Waals surface area contributed by atoms with Gasteiger partial charge < -0.3 is 15.1 Å². The molecule has 0 aliphatic carbocycles. The van der Waals surface area contributed by atoms with Crippen molar-refractivity contribution in [2.75, 3.05) is 38.5 Å². The third-order valence-electron chi connectivity index (χ3n) is 3.67. The number of amides is 1. The average molecular weight is 304 g/mol. The van der Waals surface area contributed by atoms with Gasteiger partial charge in [0.05, 0.1) is 5.69 Å². The fraction of sp³-hybridized carbons (Fsp3) is 0.357. The molecule has 3 rings (SSSR count). The number of para-hydroxylation sites is 1. The van der Waals surface area contributed by atoms with Crippen LogP contribution in [0, 0.1) is 5.82 Å². The first-order valence-electron chi connectivity index (χ1n) is 7.05. The monoisotopic (exact) mass is 304 g/mol. The number of nitrogens with one attached hydrogen (secondary N) is 2. The van der Waals surface area contributed by atoms with Crippen LogP contribution in [0.3, 0.4) is 0 Å². The predicted octanol–water partition coefficient (Wildman–Crippen LogP) is 1.07. The van der Waals surface area contributed by atoms with Crippen molar-refractivity contribution < 1.29 is 9.18 Å². The van der Waals surface area contributed by atoms with Crippen LogP contribution < -0.4 is 5.32 Å². The molecule has 0 spiro atoms. The molecule has 2 heterocycles. The Morgan fingerprint density at radius 2 is 1.95 bits per heavy atom. The summed E-state index contributed by atoms with van der Waals surface area (Å²) in [5.41, 5.74) is 0.427. The van der Waals surface area contributed by atoms with Crippen molar-refractivity contribution in [1.82, 2.24) is 25.2 Å². The van der Waals surface area contributed by atoms with Crippen LogP contribution in [0.4, 0.5) is 15.9 Å². The summed E-state index contributed by atoms with van der Waals surface area (Å²) in [6.45, 7) is 2.92. The van der Waals surface area contributed by atoms with Crippen molar-refractivity contribution >= 4 is 17.4 Å². The minimum atomic E-state index is -0.413. The van der Waals surface area contributed by atoms with E-state index >= 15 is 0 Å². The van der Waals surface area contributed by atoms with Gasteiger partial charge in [-0.3, -0.25) is 4.79 Å². The van der Waals surface area contributed by atoms with E-state index in [-0.39, 0.29) is 23.1 Å². The smallest absolute Gasteiger partial charge is 0.278 e. The van der Waals surface area contributed by atoms with Gasteiger partial charge in [0.25, 0.3) is 5.91 Å². The highest BCUT2D eigenvalue weighted by molar-refractivity contribution is 5.97. The molecule has 1 aromatic carbocycles. The number of likely N-dealkylation sites (N-methyl/N-ethyl adjacent to an activating group) is 1. The molecule has 7 nitrogen and oxygen atoms in total. The van der Waals surface area contributed by atoms with Crippen molar-refractivity contribution in [3.8, 4) is 0 Å². The van der Waals surface area contributed by atoms with Crippen LogP contribution in [0.15, 0.2) is 24.3 Å². The van der Waals surface area contributed by atoms with E-state index < -0.39 is 5.82 Å². The summed E-state index contributed by atoms with van der Waals surface area (Å²) in [5.74, 6) is -0.391. The molecule has 1 aliphatic heterocycles. The van der Waals surface area contributed by atoms with Crippen LogP contribution in [-0.4, -0.2) is 64.3 Å². The van der Waals surface area contributed by atoms with Gasteiger partial charge in [0.1, 0.15) is 5.82 Å². The standard InChI is InChI=1S/C14H17FN6O/c1-20-6-8-21(9-7-20)14(22)12-13(18-19-17-12)16-11-5-3-2-4-10(11)15/h2-5H,6-9H2,1H3,(H2,16,17,18,19). The van der Waals surface area contributed by atoms with Crippen LogP contribution in [0.2, 0.25) is 0 Å². The second kappa shape index (κ2) is 6.10. The van der Waals surface area contributed by atoms with E-state index in [1.54, 1.807) is 23.1 Å². The maximum Gasteiger partial charge on any atom is 0.278 e. The van der Waals surface area contributed by atoms with Gasteiger partial charge in [0.15, 0.2) is 11.5 Å². The number of benzene rings is 1. The molecule has 0 saturated carbocycles. The van der Waals surface area contributed by atoms with Gasteiger partial charge in [0.2, 0.25) is 0 Å². The Morgan fingerprint density at radius 1 is 1.23 bits per heavy atom. The van der Waals surface area contributed by atoms with E-state index in [1.807, 2.05) is 7.05 Å². The second-order valence-corrected chi connectivity index (χ2v) is 5.22. The molecule has 0 radical (unpaired) electrons. The highest BCUT2D eigenvalue weighted by Gasteiger charge is 2.25. The van der Waals surface area contributed by atoms with E-state index in [9.17, 15) is 9.18 Å². The number of anilines is 2. The van der Waals surface area contributed by atoms with Crippen molar-refractivity contribution in [3.63, 3.8) is 0 Å². The molecule has 2 N–H and O–H groups in total. The summed E-state index contributed by atoms with van der Waals surface area (Å²) in [5, 5.41) is 13.1. The lowest BCUT2D eigenvalue weighted by atomic mass is 10.2. The zero-order chi connectivity index (χ0) is 15.5.